The quantitative estimate of drug-likeness (QED) is 0.719. The summed E-state index contributed by atoms with van der Waals surface area (Å²) in [7, 11) is 0. The summed E-state index contributed by atoms with van der Waals surface area (Å²) in [5.41, 5.74) is 2.18. The van der Waals surface area contributed by atoms with E-state index in [0.717, 1.165) is 17.5 Å². The fraction of sp³-hybridized carbons (Fsp3) is 0.222. The van der Waals surface area contributed by atoms with Crippen molar-refractivity contribution >= 4 is 22.6 Å². The smallest absolute Gasteiger partial charge is 0.137 e. The van der Waals surface area contributed by atoms with Crippen LogP contribution in [0, 0.1) is 0 Å². The molecule has 2 nitrogen and oxygen atoms in total. The van der Waals surface area contributed by atoms with E-state index in [1.54, 1.807) is 6.20 Å². The molecule has 2 heterocycles. The van der Waals surface area contributed by atoms with Gasteiger partial charge < -0.3 is 4.98 Å². The first-order chi connectivity index (χ1) is 5.81. The largest absolute Gasteiger partial charge is 0.346 e. The number of aryl methyl sites for hydroxylation is 1. The fourth-order valence-corrected chi connectivity index (χ4v) is 1.48. The van der Waals surface area contributed by atoms with E-state index in [1.165, 1.54) is 5.56 Å². The maximum atomic E-state index is 5.83. The normalized spacial score (nSPS) is 10.8. The van der Waals surface area contributed by atoms with Crippen molar-refractivity contribution in [3.63, 3.8) is 0 Å². The highest BCUT2D eigenvalue weighted by atomic mass is 35.5. The van der Waals surface area contributed by atoms with Crippen LogP contribution in [0.15, 0.2) is 18.5 Å². The Morgan fingerprint density at radius 1 is 1.58 bits per heavy atom. The number of hydrogen-bond donors (Lipinski definition) is 1. The molecule has 2 rings (SSSR count). The van der Waals surface area contributed by atoms with Crippen molar-refractivity contribution in [2.45, 2.75) is 13.3 Å². The van der Waals surface area contributed by atoms with Crippen LogP contribution in [-0.4, -0.2) is 9.97 Å². The standard InChI is InChI=1S/C9H9ClN2/c1-2-6-4-11-9-8(6)3-7(10)5-12-9/h3-5H,2H2,1H3,(H,11,12). The van der Waals surface area contributed by atoms with Crippen LogP contribution in [0.25, 0.3) is 11.0 Å². The van der Waals surface area contributed by atoms with Gasteiger partial charge in [-0.25, -0.2) is 4.98 Å². The monoisotopic (exact) mass is 180 g/mol. The average molecular weight is 181 g/mol. The van der Waals surface area contributed by atoms with Crippen molar-refractivity contribution in [2.24, 2.45) is 0 Å². The molecule has 0 bridgehead atoms. The number of H-pyrrole nitrogens is 1. The van der Waals surface area contributed by atoms with E-state index in [1.807, 2.05) is 12.3 Å². The Kier molecular flexibility index (Phi) is 1.77. The number of aromatic nitrogens is 2. The second-order valence-electron chi connectivity index (χ2n) is 2.72. The maximum Gasteiger partial charge on any atom is 0.137 e. The van der Waals surface area contributed by atoms with Gasteiger partial charge in [0.25, 0.3) is 0 Å². The van der Waals surface area contributed by atoms with Crippen LogP contribution in [0.3, 0.4) is 0 Å². The highest BCUT2D eigenvalue weighted by Crippen LogP contribution is 2.20. The summed E-state index contributed by atoms with van der Waals surface area (Å²) in [6.07, 6.45) is 4.63. The molecule has 0 saturated heterocycles. The summed E-state index contributed by atoms with van der Waals surface area (Å²) in [5.74, 6) is 0. The summed E-state index contributed by atoms with van der Waals surface area (Å²) in [6.45, 7) is 2.11. The number of fused-ring (bicyclic) bond motifs is 1. The molecule has 0 radical (unpaired) electrons. The predicted molar refractivity (Wildman–Crippen MR) is 50.5 cm³/mol. The van der Waals surface area contributed by atoms with Gasteiger partial charge in [0.1, 0.15) is 5.65 Å². The van der Waals surface area contributed by atoms with Crippen molar-refractivity contribution in [1.29, 1.82) is 0 Å². The lowest BCUT2D eigenvalue weighted by molar-refractivity contribution is 1.15. The molecule has 0 saturated carbocycles. The molecular formula is C9H9ClN2. The van der Waals surface area contributed by atoms with Crippen molar-refractivity contribution in [1.82, 2.24) is 9.97 Å². The average Bonchev–Trinajstić information content (AvgIpc) is 2.46. The molecule has 0 aliphatic carbocycles. The maximum absolute atomic E-state index is 5.83. The SMILES string of the molecule is CCc1c[nH]c2ncc(Cl)cc12. The summed E-state index contributed by atoms with van der Waals surface area (Å²) >= 11 is 5.83. The Morgan fingerprint density at radius 3 is 3.17 bits per heavy atom. The summed E-state index contributed by atoms with van der Waals surface area (Å²) in [6, 6.07) is 1.94. The van der Waals surface area contributed by atoms with Crippen molar-refractivity contribution in [2.75, 3.05) is 0 Å². The minimum Gasteiger partial charge on any atom is -0.346 e. The number of halogens is 1. The van der Waals surface area contributed by atoms with Crippen LogP contribution < -0.4 is 0 Å². The van der Waals surface area contributed by atoms with E-state index in [0.29, 0.717) is 5.02 Å². The number of pyridine rings is 1. The number of nitrogens with one attached hydrogen (secondary N) is 1. The molecule has 0 spiro atoms. The van der Waals surface area contributed by atoms with Crippen LogP contribution in [0.5, 0.6) is 0 Å². The van der Waals surface area contributed by atoms with Gasteiger partial charge in [-0.15, -0.1) is 0 Å². The molecule has 0 amide bonds. The zero-order chi connectivity index (χ0) is 8.55. The van der Waals surface area contributed by atoms with Gasteiger partial charge in [0.2, 0.25) is 0 Å². The molecule has 3 heteroatoms. The summed E-state index contributed by atoms with van der Waals surface area (Å²) in [4.78, 5) is 7.26. The molecule has 0 unspecified atom stereocenters. The van der Waals surface area contributed by atoms with Gasteiger partial charge in [-0.1, -0.05) is 18.5 Å². The van der Waals surface area contributed by atoms with Gasteiger partial charge in [0.15, 0.2) is 0 Å². The first-order valence-corrected chi connectivity index (χ1v) is 4.30. The van der Waals surface area contributed by atoms with Gasteiger partial charge in [-0.3, -0.25) is 0 Å². The third-order valence-corrected chi connectivity index (χ3v) is 2.17. The molecule has 1 N–H and O–H groups in total. The second kappa shape index (κ2) is 2.79. The number of hydrogen-bond acceptors (Lipinski definition) is 1. The summed E-state index contributed by atoms with van der Waals surface area (Å²) < 4.78 is 0. The Balaban J connectivity index is 2.75. The van der Waals surface area contributed by atoms with E-state index in [4.69, 9.17) is 11.6 Å². The highest BCUT2D eigenvalue weighted by Gasteiger charge is 2.02. The van der Waals surface area contributed by atoms with Crippen LogP contribution in [0.1, 0.15) is 12.5 Å². The van der Waals surface area contributed by atoms with Gasteiger partial charge in [-0.2, -0.15) is 0 Å². The minimum atomic E-state index is 0.691. The molecule has 0 aliphatic rings. The molecule has 2 aromatic heterocycles. The zero-order valence-corrected chi connectivity index (χ0v) is 7.52. The lowest BCUT2D eigenvalue weighted by Crippen LogP contribution is -1.77. The Hall–Kier alpha value is -1.02. The molecule has 0 aromatic carbocycles. The lowest BCUT2D eigenvalue weighted by atomic mass is 10.2. The van der Waals surface area contributed by atoms with Gasteiger partial charge >= 0.3 is 0 Å². The van der Waals surface area contributed by atoms with Gasteiger partial charge in [-0.05, 0) is 18.1 Å². The number of rotatable bonds is 1. The van der Waals surface area contributed by atoms with Crippen LogP contribution in [-0.2, 0) is 6.42 Å². The first-order valence-electron chi connectivity index (χ1n) is 3.92. The first kappa shape index (κ1) is 7.62. The Labute approximate surface area is 75.6 Å². The van der Waals surface area contributed by atoms with Crippen molar-refractivity contribution < 1.29 is 0 Å². The van der Waals surface area contributed by atoms with E-state index >= 15 is 0 Å². The zero-order valence-electron chi connectivity index (χ0n) is 6.76. The molecule has 0 aliphatic heterocycles. The third kappa shape index (κ3) is 1.08. The molecule has 0 fully saturated rings. The third-order valence-electron chi connectivity index (χ3n) is 1.96. The molecule has 62 valence electrons. The minimum absolute atomic E-state index is 0.691. The topological polar surface area (TPSA) is 28.7 Å². The van der Waals surface area contributed by atoms with Crippen molar-refractivity contribution in [3.8, 4) is 0 Å². The van der Waals surface area contributed by atoms with Crippen molar-refractivity contribution in [3.05, 3.63) is 29.0 Å². The lowest BCUT2D eigenvalue weighted by Gasteiger charge is -1.92. The Bertz CT molecular complexity index is 406. The molecule has 12 heavy (non-hydrogen) atoms. The van der Waals surface area contributed by atoms with E-state index in [9.17, 15) is 0 Å². The predicted octanol–water partition coefficient (Wildman–Crippen LogP) is 2.78. The fourth-order valence-electron chi connectivity index (χ4n) is 1.32. The highest BCUT2D eigenvalue weighted by molar-refractivity contribution is 6.31. The van der Waals surface area contributed by atoms with Crippen LogP contribution in [0.2, 0.25) is 5.02 Å². The molecule has 0 atom stereocenters. The van der Waals surface area contributed by atoms with E-state index < -0.39 is 0 Å². The van der Waals surface area contributed by atoms with E-state index in [-0.39, 0.29) is 0 Å². The van der Waals surface area contributed by atoms with Crippen LogP contribution >= 0.6 is 11.6 Å². The van der Waals surface area contributed by atoms with Crippen LogP contribution in [0.4, 0.5) is 0 Å². The summed E-state index contributed by atoms with van der Waals surface area (Å²) in [5, 5.41) is 1.82. The van der Waals surface area contributed by atoms with Gasteiger partial charge in [0, 0.05) is 17.8 Å². The molecular weight excluding hydrogens is 172 g/mol. The Morgan fingerprint density at radius 2 is 2.42 bits per heavy atom. The van der Waals surface area contributed by atoms with E-state index in [2.05, 4.69) is 16.9 Å². The number of aromatic amines is 1. The molecule has 2 aromatic rings. The van der Waals surface area contributed by atoms with Gasteiger partial charge in [0.05, 0.1) is 5.02 Å². The number of nitrogens with zero attached hydrogens (tertiary/aromatic N) is 1. The second-order valence-corrected chi connectivity index (χ2v) is 3.15.